The Kier molecular flexibility index (Phi) is 2.21. The number of carbonyl (C=O) groups is 2. The highest BCUT2D eigenvalue weighted by Gasteiger charge is 2.36. The number of carbonyl (C=O) groups excluding carboxylic acids is 2. The van der Waals surface area contributed by atoms with Crippen molar-refractivity contribution in [2.24, 2.45) is 0 Å². The van der Waals surface area contributed by atoms with Gasteiger partial charge in [-0.15, -0.1) is 0 Å². The lowest BCUT2D eigenvalue weighted by Gasteiger charge is -2.10. The van der Waals surface area contributed by atoms with E-state index < -0.39 is 0 Å². The van der Waals surface area contributed by atoms with Crippen LogP contribution in [-0.2, 0) is 0 Å². The van der Waals surface area contributed by atoms with E-state index in [2.05, 4.69) is 6.58 Å². The van der Waals surface area contributed by atoms with Crippen molar-refractivity contribution in [3.63, 3.8) is 0 Å². The Morgan fingerprint density at radius 2 is 1.67 bits per heavy atom. The van der Waals surface area contributed by atoms with Crippen LogP contribution in [0.2, 0.25) is 0 Å². The van der Waals surface area contributed by atoms with Gasteiger partial charge in [0.25, 0.3) is 11.8 Å². The lowest BCUT2D eigenvalue weighted by Crippen LogP contribution is -2.33. The predicted molar refractivity (Wildman–Crippen MR) is 59.7 cm³/mol. The van der Waals surface area contributed by atoms with Crippen LogP contribution in [0.5, 0.6) is 0 Å². The van der Waals surface area contributed by atoms with Crippen molar-refractivity contribution in [3.8, 4) is 0 Å². The zero-order chi connectivity index (χ0) is 11.0. The van der Waals surface area contributed by atoms with E-state index in [1.807, 2.05) is 0 Å². The molecule has 4 heteroatoms. The van der Waals surface area contributed by atoms with Gasteiger partial charge in [0.05, 0.1) is 11.1 Å². The second-order valence-electron chi connectivity index (χ2n) is 3.03. The van der Waals surface area contributed by atoms with Crippen LogP contribution in [-0.4, -0.2) is 21.7 Å². The zero-order valence-corrected chi connectivity index (χ0v) is 8.58. The number of hydrogen-bond donors (Lipinski definition) is 0. The first-order valence-corrected chi connectivity index (χ1v) is 4.72. The Hall–Kier alpha value is -1.81. The van der Waals surface area contributed by atoms with Crippen molar-refractivity contribution in [3.05, 3.63) is 48.0 Å². The molecule has 2 rings (SSSR count). The summed E-state index contributed by atoms with van der Waals surface area (Å²) >= 11 is 4.88. The molecule has 1 aromatic carbocycles. The summed E-state index contributed by atoms with van der Waals surface area (Å²) in [7, 11) is 0. The summed E-state index contributed by atoms with van der Waals surface area (Å²) in [6.45, 7) is 3.45. The Morgan fingerprint density at radius 1 is 1.20 bits per heavy atom. The van der Waals surface area contributed by atoms with E-state index in [1.54, 1.807) is 24.3 Å². The minimum absolute atomic E-state index is 0.140. The topological polar surface area (TPSA) is 37.4 Å². The fraction of sp³-hybridized carbons (Fsp3) is 0. The summed E-state index contributed by atoms with van der Waals surface area (Å²) < 4.78 is 0. The molecule has 1 aromatic rings. The minimum Gasteiger partial charge on any atom is -0.268 e. The minimum atomic E-state index is -0.375. The Bertz CT molecular complexity index is 458. The molecule has 0 N–H and O–H groups in total. The van der Waals surface area contributed by atoms with Gasteiger partial charge in [-0.3, -0.25) is 9.59 Å². The molecule has 74 valence electrons. The third-order valence-corrected chi connectivity index (χ3v) is 2.54. The molecule has 0 saturated carbocycles. The van der Waals surface area contributed by atoms with Crippen molar-refractivity contribution in [1.82, 2.24) is 4.90 Å². The number of thiocarbonyl (C=S) groups is 1. The van der Waals surface area contributed by atoms with Gasteiger partial charge in [-0.1, -0.05) is 30.9 Å². The number of rotatable bonds is 1. The normalized spacial score (nSPS) is 14.0. The van der Waals surface area contributed by atoms with Gasteiger partial charge in [-0.25, -0.2) is 4.90 Å². The third kappa shape index (κ3) is 1.30. The van der Waals surface area contributed by atoms with Crippen LogP contribution in [0.1, 0.15) is 20.7 Å². The van der Waals surface area contributed by atoms with Gasteiger partial charge < -0.3 is 0 Å². The lowest BCUT2D eigenvalue weighted by molar-refractivity contribution is 0.0752. The fourth-order valence-electron chi connectivity index (χ4n) is 1.48. The molecule has 1 heterocycles. The van der Waals surface area contributed by atoms with Crippen LogP contribution in [0.3, 0.4) is 0 Å². The molecule has 0 aromatic heterocycles. The van der Waals surface area contributed by atoms with Crippen LogP contribution in [0.25, 0.3) is 0 Å². The van der Waals surface area contributed by atoms with Crippen molar-refractivity contribution in [1.29, 1.82) is 0 Å². The van der Waals surface area contributed by atoms with E-state index in [-0.39, 0.29) is 16.8 Å². The first kappa shape index (κ1) is 9.73. The standard InChI is InChI=1S/C11H7NO2S/c1-2-9(15)12-10(13)7-5-3-4-6-8(7)11(12)14/h2-6H,1H2. The summed E-state index contributed by atoms with van der Waals surface area (Å²) in [5, 5.41) is 0. The number of hydrogen-bond acceptors (Lipinski definition) is 3. The highest BCUT2D eigenvalue weighted by molar-refractivity contribution is 7.80. The molecule has 0 aliphatic carbocycles. The van der Waals surface area contributed by atoms with Gasteiger partial charge in [0.1, 0.15) is 4.99 Å². The molecule has 0 atom stereocenters. The fourth-order valence-corrected chi connectivity index (χ4v) is 1.65. The van der Waals surface area contributed by atoms with Crippen LogP contribution < -0.4 is 0 Å². The monoisotopic (exact) mass is 217 g/mol. The highest BCUT2D eigenvalue weighted by atomic mass is 32.1. The maximum atomic E-state index is 11.8. The summed E-state index contributed by atoms with van der Waals surface area (Å²) in [5.41, 5.74) is 0.790. The molecule has 0 unspecified atom stereocenters. The first-order valence-electron chi connectivity index (χ1n) is 4.31. The van der Waals surface area contributed by atoms with Gasteiger partial charge in [0.15, 0.2) is 0 Å². The van der Waals surface area contributed by atoms with Gasteiger partial charge in [0.2, 0.25) is 0 Å². The van der Waals surface area contributed by atoms with E-state index in [1.165, 1.54) is 6.08 Å². The maximum Gasteiger partial charge on any atom is 0.266 e. The van der Waals surface area contributed by atoms with E-state index >= 15 is 0 Å². The summed E-state index contributed by atoms with van der Waals surface area (Å²) in [4.78, 5) is 24.7. The summed E-state index contributed by atoms with van der Waals surface area (Å²) in [6, 6.07) is 6.65. The zero-order valence-electron chi connectivity index (χ0n) is 7.77. The predicted octanol–water partition coefficient (Wildman–Crippen LogP) is 1.80. The van der Waals surface area contributed by atoms with Crippen molar-refractivity contribution in [2.75, 3.05) is 0 Å². The molecule has 0 saturated heterocycles. The Labute approximate surface area is 92.0 Å². The molecule has 0 radical (unpaired) electrons. The van der Waals surface area contributed by atoms with Crippen molar-refractivity contribution in [2.45, 2.75) is 0 Å². The summed E-state index contributed by atoms with van der Waals surface area (Å²) in [5.74, 6) is -0.749. The average molecular weight is 217 g/mol. The van der Waals surface area contributed by atoms with E-state index in [4.69, 9.17) is 12.2 Å². The molecular formula is C11H7NO2S. The second-order valence-corrected chi connectivity index (χ2v) is 3.45. The average Bonchev–Trinajstić information content (AvgIpc) is 2.52. The van der Waals surface area contributed by atoms with Crippen molar-refractivity contribution < 1.29 is 9.59 Å². The smallest absolute Gasteiger partial charge is 0.266 e. The number of amides is 2. The van der Waals surface area contributed by atoms with Gasteiger partial charge in [-0.05, 0) is 18.2 Å². The van der Waals surface area contributed by atoms with Crippen LogP contribution in [0, 0.1) is 0 Å². The molecule has 1 aliphatic heterocycles. The molecular weight excluding hydrogens is 210 g/mol. The number of nitrogens with zero attached hydrogens (tertiary/aromatic N) is 1. The van der Waals surface area contributed by atoms with Crippen molar-refractivity contribution >= 4 is 29.0 Å². The number of fused-ring (bicyclic) bond motifs is 1. The number of benzene rings is 1. The van der Waals surface area contributed by atoms with E-state index in [0.29, 0.717) is 11.1 Å². The van der Waals surface area contributed by atoms with Gasteiger partial charge in [-0.2, -0.15) is 0 Å². The van der Waals surface area contributed by atoms with E-state index in [0.717, 1.165) is 4.90 Å². The number of imide groups is 1. The molecule has 0 fully saturated rings. The second kappa shape index (κ2) is 3.40. The molecule has 0 spiro atoms. The van der Waals surface area contributed by atoms with Crippen LogP contribution in [0.4, 0.5) is 0 Å². The SMILES string of the molecule is C=CC(=S)N1C(=O)c2ccccc2C1=O. The lowest BCUT2D eigenvalue weighted by atomic mass is 10.1. The Balaban J connectivity index is 2.55. The molecule has 1 aliphatic rings. The van der Waals surface area contributed by atoms with Crippen LogP contribution >= 0.6 is 12.2 Å². The molecule has 15 heavy (non-hydrogen) atoms. The van der Waals surface area contributed by atoms with E-state index in [9.17, 15) is 9.59 Å². The third-order valence-electron chi connectivity index (χ3n) is 2.19. The first-order chi connectivity index (χ1) is 7.16. The molecule has 2 amide bonds. The largest absolute Gasteiger partial charge is 0.268 e. The molecule has 0 bridgehead atoms. The highest BCUT2D eigenvalue weighted by Crippen LogP contribution is 2.22. The summed E-state index contributed by atoms with van der Waals surface area (Å²) in [6.07, 6.45) is 1.32. The van der Waals surface area contributed by atoms with Gasteiger partial charge in [0, 0.05) is 0 Å². The maximum absolute atomic E-state index is 11.8. The van der Waals surface area contributed by atoms with Gasteiger partial charge >= 0.3 is 0 Å². The molecule has 3 nitrogen and oxygen atoms in total. The van der Waals surface area contributed by atoms with Crippen LogP contribution in [0.15, 0.2) is 36.9 Å². The Morgan fingerprint density at radius 3 is 2.07 bits per heavy atom. The quantitative estimate of drug-likeness (QED) is 0.409.